The summed E-state index contributed by atoms with van der Waals surface area (Å²) in [4.78, 5) is 12.7. The van der Waals surface area contributed by atoms with Gasteiger partial charge in [-0.2, -0.15) is 0 Å². The molecule has 0 radical (unpaired) electrons. The van der Waals surface area contributed by atoms with Crippen LogP contribution in [0.5, 0.6) is 11.5 Å². The van der Waals surface area contributed by atoms with E-state index in [1.807, 2.05) is 18.2 Å². The molecule has 1 aliphatic heterocycles. The number of hydrogen-bond donors (Lipinski definition) is 0. The Kier molecular flexibility index (Phi) is 4.40. The maximum absolute atomic E-state index is 12.7. The fourth-order valence-electron chi connectivity index (χ4n) is 3.80. The molecule has 3 rings (SSSR count). The van der Waals surface area contributed by atoms with Gasteiger partial charge in [-0.25, -0.2) is 0 Å². The predicted octanol–water partition coefficient (Wildman–Crippen LogP) is 4.64. The third kappa shape index (κ3) is 3.12. The number of rotatable bonds is 3. The lowest BCUT2D eigenvalue weighted by Gasteiger charge is -2.41. The summed E-state index contributed by atoms with van der Waals surface area (Å²) in [5.41, 5.74) is 1.24. The second-order valence-corrected chi connectivity index (χ2v) is 8.11. The fourth-order valence-corrected chi connectivity index (χ4v) is 5.02. The van der Waals surface area contributed by atoms with E-state index in [2.05, 4.69) is 20.8 Å². The highest BCUT2D eigenvalue weighted by Gasteiger charge is 2.41. The number of carbonyl (C=O) groups is 1. The summed E-state index contributed by atoms with van der Waals surface area (Å²) in [6.07, 6.45) is 3.56. The van der Waals surface area contributed by atoms with Gasteiger partial charge in [-0.3, -0.25) is 4.79 Å². The van der Waals surface area contributed by atoms with Gasteiger partial charge < -0.3 is 9.47 Å². The van der Waals surface area contributed by atoms with Crippen molar-refractivity contribution in [1.29, 1.82) is 0 Å². The fraction of sp³-hybridized carbons (Fsp3) is 0.611. The molecule has 1 aromatic rings. The zero-order valence-electron chi connectivity index (χ0n) is 13.6. The first-order chi connectivity index (χ1) is 10.5. The van der Waals surface area contributed by atoms with Crippen molar-refractivity contribution in [3.8, 4) is 11.5 Å². The molecule has 1 fully saturated rings. The molecule has 0 amide bonds. The van der Waals surface area contributed by atoms with Crippen LogP contribution in [0.25, 0.3) is 0 Å². The highest BCUT2D eigenvalue weighted by Crippen LogP contribution is 2.46. The molecule has 3 nitrogen and oxygen atoms in total. The summed E-state index contributed by atoms with van der Waals surface area (Å²) in [5.74, 6) is 2.94. The molecule has 1 aromatic carbocycles. The SMILES string of the molecule is CC1CCCC(C)(C)C1C(=O)SCc1ccc2c(c1)OCO2. The van der Waals surface area contributed by atoms with Crippen LogP contribution in [0.2, 0.25) is 0 Å². The summed E-state index contributed by atoms with van der Waals surface area (Å²) in [7, 11) is 0. The molecular formula is C18H24O3S. The van der Waals surface area contributed by atoms with E-state index in [0.717, 1.165) is 23.5 Å². The van der Waals surface area contributed by atoms with E-state index in [0.29, 0.717) is 23.6 Å². The Hall–Kier alpha value is -1.16. The Morgan fingerprint density at radius 2 is 2.09 bits per heavy atom. The van der Waals surface area contributed by atoms with E-state index >= 15 is 0 Å². The van der Waals surface area contributed by atoms with Crippen LogP contribution in [0.1, 0.15) is 45.6 Å². The summed E-state index contributed by atoms with van der Waals surface area (Å²) in [6, 6.07) is 5.93. The molecule has 0 bridgehead atoms. The normalized spacial score (nSPS) is 26.0. The Morgan fingerprint density at radius 3 is 2.86 bits per heavy atom. The highest BCUT2D eigenvalue weighted by atomic mass is 32.2. The van der Waals surface area contributed by atoms with Gasteiger partial charge in [-0.1, -0.05) is 45.0 Å². The number of ether oxygens (including phenoxy) is 2. The minimum Gasteiger partial charge on any atom is -0.454 e. The quantitative estimate of drug-likeness (QED) is 0.813. The van der Waals surface area contributed by atoms with E-state index in [9.17, 15) is 4.79 Å². The lowest BCUT2D eigenvalue weighted by atomic mass is 9.65. The van der Waals surface area contributed by atoms with Crippen LogP contribution < -0.4 is 9.47 Å². The molecule has 1 aliphatic carbocycles. The van der Waals surface area contributed by atoms with Crippen LogP contribution in [0.4, 0.5) is 0 Å². The summed E-state index contributed by atoms with van der Waals surface area (Å²) < 4.78 is 10.7. The van der Waals surface area contributed by atoms with E-state index in [4.69, 9.17) is 9.47 Å². The molecule has 2 unspecified atom stereocenters. The number of thioether (sulfide) groups is 1. The third-order valence-corrected chi connectivity index (χ3v) is 5.98. The van der Waals surface area contributed by atoms with Gasteiger partial charge in [0.25, 0.3) is 0 Å². The predicted molar refractivity (Wildman–Crippen MR) is 89.2 cm³/mol. The summed E-state index contributed by atoms with van der Waals surface area (Å²) in [6.45, 7) is 7.00. The van der Waals surface area contributed by atoms with Gasteiger partial charge in [0.05, 0.1) is 0 Å². The van der Waals surface area contributed by atoms with Crippen LogP contribution >= 0.6 is 11.8 Å². The van der Waals surface area contributed by atoms with Crippen molar-refractivity contribution >= 4 is 16.9 Å². The summed E-state index contributed by atoms with van der Waals surface area (Å²) >= 11 is 1.45. The van der Waals surface area contributed by atoms with Crippen LogP contribution in [0, 0.1) is 17.3 Å². The van der Waals surface area contributed by atoms with Gasteiger partial charge in [-0.05, 0) is 41.9 Å². The molecule has 0 spiro atoms. The number of hydrogen-bond acceptors (Lipinski definition) is 4. The van der Waals surface area contributed by atoms with Crippen molar-refractivity contribution < 1.29 is 14.3 Å². The Bertz CT molecular complexity index is 567. The van der Waals surface area contributed by atoms with E-state index < -0.39 is 0 Å². The van der Waals surface area contributed by atoms with Crippen molar-refractivity contribution in [2.45, 2.75) is 45.8 Å². The van der Waals surface area contributed by atoms with Crippen LogP contribution in [-0.2, 0) is 10.5 Å². The molecular weight excluding hydrogens is 296 g/mol. The Labute approximate surface area is 136 Å². The molecule has 4 heteroatoms. The van der Waals surface area contributed by atoms with Gasteiger partial charge in [0.1, 0.15) is 0 Å². The monoisotopic (exact) mass is 320 g/mol. The molecule has 0 N–H and O–H groups in total. The second-order valence-electron chi connectivity index (χ2n) is 7.13. The molecule has 120 valence electrons. The Morgan fingerprint density at radius 1 is 1.32 bits per heavy atom. The molecule has 1 heterocycles. The third-order valence-electron chi connectivity index (χ3n) is 4.96. The maximum atomic E-state index is 12.7. The van der Waals surface area contributed by atoms with Crippen molar-refractivity contribution in [3.63, 3.8) is 0 Å². The lowest BCUT2D eigenvalue weighted by molar-refractivity contribution is -0.121. The van der Waals surface area contributed by atoms with Gasteiger partial charge in [0.15, 0.2) is 16.6 Å². The van der Waals surface area contributed by atoms with Crippen molar-refractivity contribution in [2.75, 3.05) is 6.79 Å². The Balaban J connectivity index is 1.64. The molecule has 2 atom stereocenters. The topological polar surface area (TPSA) is 35.5 Å². The molecule has 0 aromatic heterocycles. The number of benzene rings is 1. The second kappa shape index (κ2) is 6.15. The molecule has 0 saturated heterocycles. The van der Waals surface area contributed by atoms with E-state index in [1.165, 1.54) is 24.6 Å². The van der Waals surface area contributed by atoms with Gasteiger partial charge in [-0.15, -0.1) is 0 Å². The molecule has 1 saturated carbocycles. The van der Waals surface area contributed by atoms with Crippen LogP contribution in [0.15, 0.2) is 18.2 Å². The van der Waals surface area contributed by atoms with Crippen molar-refractivity contribution in [2.24, 2.45) is 17.3 Å². The van der Waals surface area contributed by atoms with Crippen molar-refractivity contribution in [1.82, 2.24) is 0 Å². The number of fused-ring (bicyclic) bond motifs is 1. The zero-order valence-corrected chi connectivity index (χ0v) is 14.4. The largest absolute Gasteiger partial charge is 0.454 e. The van der Waals surface area contributed by atoms with Crippen molar-refractivity contribution in [3.05, 3.63) is 23.8 Å². The highest BCUT2D eigenvalue weighted by molar-refractivity contribution is 8.13. The first kappa shape index (κ1) is 15.7. The maximum Gasteiger partial charge on any atom is 0.231 e. The molecule has 2 aliphatic rings. The smallest absolute Gasteiger partial charge is 0.231 e. The van der Waals surface area contributed by atoms with Crippen LogP contribution in [0.3, 0.4) is 0 Å². The first-order valence-electron chi connectivity index (χ1n) is 8.02. The van der Waals surface area contributed by atoms with Gasteiger partial charge in [0.2, 0.25) is 6.79 Å². The van der Waals surface area contributed by atoms with E-state index in [-0.39, 0.29) is 11.3 Å². The van der Waals surface area contributed by atoms with Gasteiger partial charge in [0, 0.05) is 11.7 Å². The molecule has 22 heavy (non-hydrogen) atoms. The minimum atomic E-state index is 0.122. The lowest BCUT2D eigenvalue weighted by Crippen LogP contribution is -2.38. The average Bonchev–Trinajstić information content (AvgIpc) is 2.91. The number of carbonyl (C=O) groups excluding carboxylic acids is 1. The first-order valence-corrected chi connectivity index (χ1v) is 9.01. The van der Waals surface area contributed by atoms with E-state index in [1.54, 1.807) is 0 Å². The average molecular weight is 320 g/mol. The van der Waals surface area contributed by atoms with Gasteiger partial charge >= 0.3 is 0 Å². The minimum absolute atomic E-state index is 0.122. The summed E-state index contributed by atoms with van der Waals surface area (Å²) in [5, 5.41) is 0.342. The zero-order chi connectivity index (χ0) is 15.7. The standard InChI is InChI=1S/C18H24O3S/c1-12-5-4-8-18(2,3)16(12)17(19)22-10-13-6-7-14-15(9-13)21-11-20-14/h6-7,9,12,16H,4-5,8,10-11H2,1-3H3. The van der Waals surface area contributed by atoms with Crippen LogP contribution in [-0.4, -0.2) is 11.9 Å².